The summed E-state index contributed by atoms with van der Waals surface area (Å²) in [5, 5.41) is -0.0582. The largest absolute Gasteiger partial charge is 0.323 e. The van der Waals surface area contributed by atoms with Gasteiger partial charge in [-0.15, -0.1) is 11.6 Å². The summed E-state index contributed by atoms with van der Waals surface area (Å²) >= 11 is 9.94. The van der Waals surface area contributed by atoms with E-state index in [-0.39, 0.29) is 11.1 Å². The molecule has 2 rings (SSSR count). The molecular formula is C12H14BrClN2O. The first kappa shape index (κ1) is 12.7. The lowest BCUT2D eigenvalue weighted by Gasteiger charge is -2.18. The van der Waals surface area contributed by atoms with Crippen molar-refractivity contribution in [2.45, 2.75) is 25.6 Å². The van der Waals surface area contributed by atoms with E-state index in [0.29, 0.717) is 5.92 Å². The van der Waals surface area contributed by atoms with Crippen LogP contribution in [0, 0.1) is 5.92 Å². The molecule has 0 spiro atoms. The summed E-state index contributed by atoms with van der Waals surface area (Å²) < 4.78 is 0.931. The second kappa shape index (κ2) is 4.86. The summed E-state index contributed by atoms with van der Waals surface area (Å²) in [6.45, 7) is 4.23. The first-order valence-electron chi connectivity index (χ1n) is 5.58. The molecule has 3 nitrogen and oxygen atoms in total. The normalized spacial score (nSPS) is 15.1. The van der Waals surface area contributed by atoms with E-state index >= 15 is 0 Å². The zero-order valence-corrected chi connectivity index (χ0v) is 12.0. The molecule has 1 aromatic carbocycles. The highest BCUT2D eigenvalue weighted by atomic mass is 79.9. The zero-order valence-electron chi connectivity index (χ0n) is 9.68. The van der Waals surface area contributed by atoms with Crippen LogP contribution in [-0.4, -0.2) is 9.97 Å². The Kier molecular flexibility index (Phi) is 3.64. The molecule has 0 aliphatic rings. The maximum atomic E-state index is 11.2. The van der Waals surface area contributed by atoms with Gasteiger partial charge in [0, 0.05) is 4.47 Å². The van der Waals surface area contributed by atoms with E-state index in [9.17, 15) is 4.79 Å². The van der Waals surface area contributed by atoms with Gasteiger partial charge in [-0.3, -0.25) is 0 Å². The van der Waals surface area contributed by atoms with Crippen molar-refractivity contribution in [1.29, 1.82) is 0 Å². The number of hydrogen-bond acceptors (Lipinski definition) is 1. The molecular weight excluding hydrogens is 304 g/mol. The van der Waals surface area contributed by atoms with Crippen molar-refractivity contribution in [2.75, 3.05) is 0 Å². The third-order valence-electron chi connectivity index (χ3n) is 3.07. The van der Waals surface area contributed by atoms with Crippen LogP contribution in [-0.2, 0) is 0 Å². The molecule has 5 heteroatoms. The van der Waals surface area contributed by atoms with E-state index in [1.54, 1.807) is 0 Å². The highest BCUT2D eigenvalue weighted by Gasteiger charge is 2.18. The van der Waals surface area contributed by atoms with E-state index in [4.69, 9.17) is 11.6 Å². The molecule has 0 aliphatic carbocycles. The summed E-state index contributed by atoms with van der Waals surface area (Å²) in [4.78, 5) is 16.7. The molecule has 0 saturated carbocycles. The molecule has 2 unspecified atom stereocenters. The van der Waals surface area contributed by atoms with Gasteiger partial charge < -0.3 is 9.97 Å². The van der Waals surface area contributed by atoms with Gasteiger partial charge >= 0.3 is 5.69 Å². The average molecular weight is 318 g/mol. The minimum atomic E-state index is -0.196. The Morgan fingerprint density at radius 3 is 2.53 bits per heavy atom. The summed E-state index contributed by atoms with van der Waals surface area (Å²) in [6, 6.07) is 3.82. The van der Waals surface area contributed by atoms with Gasteiger partial charge in [0.15, 0.2) is 0 Å². The van der Waals surface area contributed by atoms with Crippen molar-refractivity contribution in [3.63, 3.8) is 0 Å². The van der Waals surface area contributed by atoms with Gasteiger partial charge in [0.25, 0.3) is 0 Å². The second-order valence-electron chi connectivity index (χ2n) is 4.29. The van der Waals surface area contributed by atoms with Gasteiger partial charge in [0.1, 0.15) is 0 Å². The van der Waals surface area contributed by atoms with Crippen LogP contribution in [0.3, 0.4) is 0 Å². The lowest BCUT2D eigenvalue weighted by molar-refractivity contribution is 0.541. The van der Waals surface area contributed by atoms with Gasteiger partial charge in [-0.05, 0) is 23.6 Å². The van der Waals surface area contributed by atoms with Crippen LogP contribution in [0.4, 0.5) is 0 Å². The van der Waals surface area contributed by atoms with Crippen molar-refractivity contribution in [3.05, 3.63) is 32.7 Å². The first-order valence-corrected chi connectivity index (χ1v) is 6.81. The molecule has 2 aromatic rings. The first-order chi connectivity index (χ1) is 8.02. The van der Waals surface area contributed by atoms with Crippen molar-refractivity contribution in [2.24, 2.45) is 5.92 Å². The Hall–Kier alpha value is -0.740. The van der Waals surface area contributed by atoms with Gasteiger partial charge in [-0.25, -0.2) is 4.79 Å². The quantitative estimate of drug-likeness (QED) is 0.828. The van der Waals surface area contributed by atoms with Crippen molar-refractivity contribution in [1.82, 2.24) is 9.97 Å². The number of fused-ring (bicyclic) bond motifs is 1. The highest BCUT2D eigenvalue weighted by molar-refractivity contribution is 9.10. The molecule has 0 amide bonds. The minimum absolute atomic E-state index is 0.0582. The van der Waals surface area contributed by atoms with Crippen molar-refractivity contribution < 1.29 is 0 Å². The molecule has 2 N–H and O–H groups in total. The second-order valence-corrected chi connectivity index (χ2v) is 5.61. The Morgan fingerprint density at radius 1 is 1.35 bits per heavy atom. The van der Waals surface area contributed by atoms with E-state index in [1.807, 2.05) is 12.1 Å². The number of aromatic amines is 2. The highest BCUT2D eigenvalue weighted by Crippen LogP contribution is 2.36. The van der Waals surface area contributed by atoms with Crippen molar-refractivity contribution in [3.8, 4) is 0 Å². The molecule has 0 fully saturated rings. The average Bonchev–Trinajstić information content (AvgIpc) is 2.65. The van der Waals surface area contributed by atoms with E-state index in [0.717, 1.165) is 27.5 Å². The molecule has 0 radical (unpaired) electrons. The predicted octanol–water partition coefficient (Wildman–Crippen LogP) is 3.94. The fraction of sp³-hybridized carbons (Fsp3) is 0.417. The molecule has 0 saturated heterocycles. The van der Waals surface area contributed by atoms with Crippen LogP contribution in [0.25, 0.3) is 11.0 Å². The maximum Gasteiger partial charge on any atom is 0.323 e. The van der Waals surface area contributed by atoms with Crippen LogP contribution < -0.4 is 5.69 Å². The number of rotatable bonds is 3. The number of hydrogen-bond donors (Lipinski definition) is 2. The van der Waals surface area contributed by atoms with Crippen LogP contribution in [0.2, 0.25) is 0 Å². The van der Waals surface area contributed by atoms with E-state index in [1.165, 1.54) is 0 Å². The standard InChI is InChI=1S/C12H14BrClN2O/c1-3-6(2)11(14)7-4-9-10(5-8(7)13)16-12(17)15-9/h4-6,11H,3H2,1-2H3,(H2,15,16,17). The monoisotopic (exact) mass is 316 g/mol. The third kappa shape index (κ3) is 2.43. The molecule has 0 bridgehead atoms. The smallest absolute Gasteiger partial charge is 0.306 e. The fourth-order valence-electron chi connectivity index (χ4n) is 1.80. The molecule has 92 valence electrons. The number of nitrogens with one attached hydrogen (secondary N) is 2. The van der Waals surface area contributed by atoms with E-state index < -0.39 is 0 Å². The topological polar surface area (TPSA) is 48.6 Å². The Balaban J connectivity index is 2.53. The Bertz CT molecular complexity index is 590. The predicted molar refractivity (Wildman–Crippen MR) is 74.7 cm³/mol. The number of halogens is 2. The molecule has 0 aliphatic heterocycles. The van der Waals surface area contributed by atoms with Gasteiger partial charge in [-0.1, -0.05) is 36.2 Å². The lowest BCUT2D eigenvalue weighted by atomic mass is 9.98. The fourth-order valence-corrected chi connectivity index (χ4v) is 2.88. The van der Waals surface area contributed by atoms with Crippen LogP contribution in [0.1, 0.15) is 31.2 Å². The summed E-state index contributed by atoms with van der Waals surface area (Å²) in [5.74, 6) is 0.385. The minimum Gasteiger partial charge on any atom is -0.306 e. The Labute approximate surface area is 113 Å². The number of imidazole rings is 1. The van der Waals surface area contributed by atoms with E-state index in [2.05, 4.69) is 39.7 Å². The van der Waals surface area contributed by atoms with Crippen LogP contribution in [0.5, 0.6) is 0 Å². The molecule has 2 atom stereocenters. The molecule has 1 aromatic heterocycles. The van der Waals surface area contributed by atoms with Gasteiger partial charge in [0.05, 0.1) is 16.4 Å². The number of alkyl halides is 1. The SMILES string of the molecule is CCC(C)C(Cl)c1cc2[nH]c(=O)[nH]c2cc1Br. The Morgan fingerprint density at radius 2 is 1.94 bits per heavy atom. The zero-order chi connectivity index (χ0) is 12.6. The summed E-state index contributed by atoms with van der Waals surface area (Å²) in [7, 11) is 0. The maximum absolute atomic E-state index is 11.2. The van der Waals surface area contributed by atoms with Gasteiger partial charge in [-0.2, -0.15) is 0 Å². The molecule has 17 heavy (non-hydrogen) atoms. The van der Waals surface area contributed by atoms with Gasteiger partial charge in [0.2, 0.25) is 0 Å². The lowest BCUT2D eigenvalue weighted by Crippen LogP contribution is -2.03. The number of H-pyrrole nitrogens is 2. The number of aromatic nitrogens is 2. The summed E-state index contributed by atoms with van der Waals surface area (Å²) in [5.41, 5.74) is 2.41. The summed E-state index contributed by atoms with van der Waals surface area (Å²) in [6.07, 6.45) is 1.02. The van der Waals surface area contributed by atoms with Crippen molar-refractivity contribution >= 4 is 38.6 Å². The molecule has 1 heterocycles. The van der Waals surface area contributed by atoms with Crippen LogP contribution >= 0.6 is 27.5 Å². The third-order valence-corrected chi connectivity index (χ3v) is 4.43. The van der Waals surface area contributed by atoms with Crippen LogP contribution in [0.15, 0.2) is 21.4 Å². The number of benzene rings is 1.